The Balaban J connectivity index is 2.07. The maximum Gasteiger partial charge on any atom is 0.320 e. The lowest BCUT2D eigenvalue weighted by Gasteiger charge is -2.25. The van der Waals surface area contributed by atoms with Crippen molar-refractivity contribution >= 4 is 29.4 Å². The molecule has 0 fully saturated rings. The van der Waals surface area contributed by atoms with Crippen molar-refractivity contribution in [3.8, 4) is 0 Å². The van der Waals surface area contributed by atoms with Crippen LogP contribution in [0.3, 0.4) is 0 Å². The molecule has 2 rings (SSSR count). The molecule has 9 heteroatoms. The van der Waals surface area contributed by atoms with E-state index in [0.717, 1.165) is 0 Å². The number of carbonyl (C=O) groups is 4. The summed E-state index contributed by atoms with van der Waals surface area (Å²) < 4.78 is 0. The van der Waals surface area contributed by atoms with Crippen molar-refractivity contribution in [2.45, 2.75) is 51.7 Å². The lowest BCUT2D eigenvalue weighted by Crippen LogP contribution is -2.55. The van der Waals surface area contributed by atoms with Gasteiger partial charge in [0, 0.05) is 17.8 Å². The molecule has 0 aliphatic carbocycles. The lowest BCUT2D eigenvalue weighted by molar-refractivity contribution is -0.139. The summed E-state index contributed by atoms with van der Waals surface area (Å²) >= 11 is 0. The third-order valence-electron chi connectivity index (χ3n) is 5.27. The SMILES string of the molecule is CC(C)C[C@H](NC(=O)[C@H](CCNC(=O)c1ccccc1)N[C@H](C)C(=O)O)C(=O)Nc1ccccc1. The Hall–Kier alpha value is -3.72. The highest BCUT2D eigenvalue weighted by Crippen LogP contribution is 2.11. The monoisotopic (exact) mass is 482 g/mol. The van der Waals surface area contributed by atoms with Crippen LogP contribution in [0, 0.1) is 5.92 Å². The van der Waals surface area contributed by atoms with Crippen LogP contribution in [0.15, 0.2) is 60.7 Å². The van der Waals surface area contributed by atoms with Gasteiger partial charge in [-0.25, -0.2) is 0 Å². The van der Waals surface area contributed by atoms with Crippen molar-refractivity contribution in [2.75, 3.05) is 11.9 Å². The van der Waals surface area contributed by atoms with Crippen LogP contribution < -0.4 is 21.3 Å². The van der Waals surface area contributed by atoms with Gasteiger partial charge in [0.1, 0.15) is 12.1 Å². The fourth-order valence-electron chi connectivity index (χ4n) is 3.41. The van der Waals surface area contributed by atoms with Crippen LogP contribution in [0.2, 0.25) is 0 Å². The normalized spacial score (nSPS) is 13.4. The van der Waals surface area contributed by atoms with Gasteiger partial charge in [0.15, 0.2) is 0 Å². The summed E-state index contributed by atoms with van der Waals surface area (Å²) in [6.45, 7) is 5.45. The van der Waals surface area contributed by atoms with Gasteiger partial charge in [0.25, 0.3) is 5.91 Å². The first kappa shape index (κ1) is 27.5. The fraction of sp³-hybridized carbons (Fsp3) is 0.385. The summed E-state index contributed by atoms with van der Waals surface area (Å²) in [5.41, 5.74) is 1.09. The van der Waals surface area contributed by atoms with Gasteiger partial charge in [-0.1, -0.05) is 50.2 Å². The van der Waals surface area contributed by atoms with E-state index in [0.29, 0.717) is 17.7 Å². The van der Waals surface area contributed by atoms with Crippen molar-refractivity contribution in [3.63, 3.8) is 0 Å². The van der Waals surface area contributed by atoms with Crippen molar-refractivity contribution in [2.24, 2.45) is 5.92 Å². The lowest BCUT2D eigenvalue weighted by atomic mass is 10.0. The predicted octanol–water partition coefficient (Wildman–Crippen LogP) is 2.41. The van der Waals surface area contributed by atoms with Gasteiger partial charge in [-0.05, 0) is 49.9 Å². The summed E-state index contributed by atoms with van der Waals surface area (Å²) in [6, 6.07) is 14.8. The molecule has 0 radical (unpaired) electrons. The molecule has 2 aromatic carbocycles. The minimum absolute atomic E-state index is 0.122. The third-order valence-corrected chi connectivity index (χ3v) is 5.27. The first-order valence-electron chi connectivity index (χ1n) is 11.7. The van der Waals surface area contributed by atoms with Crippen molar-refractivity contribution < 1.29 is 24.3 Å². The van der Waals surface area contributed by atoms with Gasteiger partial charge >= 0.3 is 5.97 Å². The Morgan fingerprint density at radius 3 is 2.00 bits per heavy atom. The molecule has 2 aromatic rings. The number of carboxylic acids is 1. The van der Waals surface area contributed by atoms with Gasteiger partial charge in [-0.15, -0.1) is 0 Å². The first-order valence-corrected chi connectivity index (χ1v) is 11.7. The Bertz CT molecular complexity index is 982. The molecule has 3 atom stereocenters. The maximum atomic E-state index is 13.1. The number of aliphatic carboxylic acids is 1. The second-order valence-corrected chi connectivity index (χ2v) is 8.74. The smallest absolute Gasteiger partial charge is 0.320 e. The standard InChI is InChI=1S/C26H34N4O5/c1-17(2)16-22(25(33)29-20-12-8-5-9-13-20)30-24(32)21(28-18(3)26(34)35)14-15-27-23(31)19-10-6-4-7-11-19/h4-13,17-18,21-22,28H,14-16H2,1-3H3,(H,27,31)(H,29,33)(H,30,32)(H,34,35)/t18-,21+,22+/m1/s1. The molecule has 0 aliphatic rings. The minimum Gasteiger partial charge on any atom is -0.480 e. The summed E-state index contributed by atoms with van der Waals surface area (Å²) in [5, 5.41) is 20.4. The van der Waals surface area contributed by atoms with E-state index in [1.165, 1.54) is 6.92 Å². The maximum absolute atomic E-state index is 13.1. The number of nitrogens with one attached hydrogen (secondary N) is 4. The second kappa shape index (κ2) is 13.9. The quantitative estimate of drug-likeness (QED) is 0.297. The molecule has 0 unspecified atom stereocenters. The van der Waals surface area contributed by atoms with Crippen molar-refractivity contribution in [1.29, 1.82) is 0 Å². The molecule has 0 aromatic heterocycles. The van der Waals surface area contributed by atoms with Crippen molar-refractivity contribution in [1.82, 2.24) is 16.0 Å². The van der Waals surface area contributed by atoms with E-state index >= 15 is 0 Å². The zero-order valence-corrected chi connectivity index (χ0v) is 20.3. The fourth-order valence-corrected chi connectivity index (χ4v) is 3.41. The predicted molar refractivity (Wildman–Crippen MR) is 134 cm³/mol. The topological polar surface area (TPSA) is 137 Å². The molecule has 9 nitrogen and oxygen atoms in total. The molecule has 0 bridgehead atoms. The van der Waals surface area contributed by atoms with Crippen LogP contribution in [0.4, 0.5) is 5.69 Å². The average molecular weight is 483 g/mol. The molecular formula is C26H34N4O5. The summed E-state index contributed by atoms with van der Waals surface area (Å²) in [5.74, 6) is -2.16. The highest BCUT2D eigenvalue weighted by molar-refractivity contribution is 5.98. The van der Waals surface area contributed by atoms with Crippen LogP contribution >= 0.6 is 0 Å². The number of hydrogen-bond donors (Lipinski definition) is 5. The van der Waals surface area contributed by atoms with Crippen molar-refractivity contribution in [3.05, 3.63) is 66.2 Å². The molecule has 188 valence electrons. The number of carboxylic acid groups (broad SMARTS) is 1. The summed E-state index contributed by atoms with van der Waals surface area (Å²) in [6.07, 6.45) is 0.535. The van der Waals surface area contributed by atoms with Crippen LogP contribution in [0.5, 0.6) is 0 Å². The zero-order valence-electron chi connectivity index (χ0n) is 20.3. The number of anilines is 1. The molecule has 35 heavy (non-hydrogen) atoms. The highest BCUT2D eigenvalue weighted by atomic mass is 16.4. The summed E-state index contributed by atoms with van der Waals surface area (Å²) in [4.78, 5) is 49.7. The Morgan fingerprint density at radius 1 is 0.829 bits per heavy atom. The number of amides is 3. The van der Waals surface area contributed by atoms with Gasteiger partial charge in [-0.3, -0.25) is 24.5 Å². The molecule has 5 N–H and O–H groups in total. The third kappa shape index (κ3) is 9.58. The van der Waals surface area contributed by atoms with E-state index < -0.39 is 30.0 Å². The van der Waals surface area contributed by atoms with E-state index in [-0.39, 0.29) is 30.7 Å². The molecule has 0 saturated carbocycles. The van der Waals surface area contributed by atoms with Crippen LogP contribution in [-0.2, 0) is 14.4 Å². The highest BCUT2D eigenvalue weighted by Gasteiger charge is 2.28. The van der Waals surface area contributed by atoms with Crippen LogP contribution in [0.25, 0.3) is 0 Å². The van der Waals surface area contributed by atoms with Gasteiger partial charge in [-0.2, -0.15) is 0 Å². The number of hydrogen-bond acceptors (Lipinski definition) is 5. The first-order chi connectivity index (χ1) is 16.7. The minimum atomic E-state index is -1.11. The average Bonchev–Trinajstić information content (AvgIpc) is 2.83. The van der Waals surface area contributed by atoms with E-state index in [1.54, 1.807) is 54.6 Å². The van der Waals surface area contributed by atoms with E-state index in [9.17, 15) is 24.3 Å². The Morgan fingerprint density at radius 2 is 1.43 bits per heavy atom. The van der Waals surface area contributed by atoms with E-state index in [2.05, 4.69) is 21.3 Å². The van der Waals surface area contributed by atoms with Gasteiger partial charge in [0.05, 0.1) is 6.04 Å². The molecule has 0 saturated heterocycles. The number of para-hydroxylation sites is 1. The number of benzene rings is 2. The Kier molecular flexibility index (Phi) is 10.9. The number of carbonyl (C=O) groups excluding carboxylic acids is 3. The van der Waals surface area contributed by atoms with Crippen LogP contribution in [-0.4, -0.2) is 53.5 Å². The van der Waals surface area contributed by atoms with Gasteiger partial charge in [0.2, 0.25) is 11.8 Å². The molecule has 0 heterocycles. The van der Waals surface area contributed by atoms with E-state index in [1.807, 2.05) is 19.9 Å². The Labute approximate surface area is 205 Å². The molecular weight excluding hydrogens is 448 g/mol. The molecule has 0 aliphatic heterocycles. The van der Waals surface area contributed by atoms with E-state index in [4.69, 9.17) is 0 Å². The summed E-state index contributed by atoms with van der Waals surface area (Å²) in [7, 11) is 0. The zero-order chi connectivity index (χ0) is 25.8. The molecule has 3 amide bonds. The largest absolute Gasteiger partial charge is 0.480 e. The van der Waals surface area contributed by atoms with Gasteiger partial charge < -0.3 is 21.1 Å². The molecule has 0 spiro atoms. The van der Waals surface area contributed by atoms with Crippen LogP contribution in [0.1, 0.15) is 44.0 Å². The second-order valence-electron chi connectivity index (χ2n) is 8.74. The number of rotatable bonds is 13.